The van der Waals surface area contributed by atoms with Crippen molar-refractivity contribution in [2.45, 2.75) is 26.4 Å². The number of rotatable bonds is 5. The summed E-state index contributed by atoms with van der Waals surface area (Å²) in [5, 5.41) is 6.68. The highest BCUT2D eigenvalue weighted by molar-refractivity contribution is 6.33. The summed E-state index contributed by atoms with van der Waals surface area (Å²) in [6, 6.07) is -0.702. The van der Waals surface area contributed by atoms with Gasteiger partial charge in [-0.15, -0.1) is 6.42 Å². The van der Waals surface area contributed by atoms with Crippen LogP contribution < -0.4 is 16.6 Å². The van der Waals surface area contributed by atoms with E-state index in [-0.39, 0.29) is 23.2 Å². The molecule has 0 bridgehead atoms. The number of hydrogen-bond acceptors (Lipinski definition) is 4. The van der Waals surface area contributed by atoms with Gasteiger partial charge in [0.05, 0.1) is 11.2 Å². The summed E-state index contributed by atoms with van der Waals surface area (Å²) in [7, 11) is 0. The standard InChI is InChI=1S/C12H15ClN4O2/c1-4-5-17-12(19)10(8(13)6-15-17)16-9(7(2)3)11(14)18/h1,6-7,9,16H,5H2,2-3H3,(H2,14,18). The third-order valence-corrected chi connectivity index (χ3v) is 2.80. The molecule has 3 N–H and O–H groups in total. The molecule has 1 heterocycles. The largest absolute Gasteiger partial charge is 0.368 e. The third-order valence-electron chi connectivity index (χ3n) is 2.51. The molecule has 1 rings (SSSR count). The smallest absolute Gasteiger partial charge is 0.292 e. The number of amides is 1. The van der Waals surface area contributed by atoms with Gasteiger partial charge in [0, 0.05) is 0 Å². The van der Waals surface area contributed by atoms with Gasteiger partial charge in [0.2, 0.25) is 5.91 Å². The summed E-state index contributed by atoms with van der Waals surface area (Å²) < 4.78 is 1.08. The second kappa shape index (κ2) is 6.25. The van der Waals surface area contributed by atoms with E-state index in [0.29, 0.717) is 0 Å². The van der Waals surface area contributed by atoms with Crippen LogP contribution in [0.5, 0.6) is 0 Å². The number of carbonyl (C=O) groups excluding carboxylic acids is 1. The van der Waals surface area contributed by atoms with Crippen LogP contribution in [-0.4, -0.2) is 21.7 Å². The minimum atomic E-state index is -0.702. The van der Waals surface area contributed by atoms with Crippen molar-refractivity contribution in [1.29, 1.82) is 0 Å². The zero-order valence-electron chi connectivity index (χ0n) is 10.7. The molecule has 0 aliphatic carbocycles. The number of anilines is 1. The van der Waals surface area contributed by atoms with E-state index in [1.165, 1.54) is 6.20 Å². The van der Waals surface area contributed by atoms with E-state index in [4.69, 9.17) is 23.8 Å². The molecule has 0 spiro atoms. The molecule has 19 heavy (non-hydrogen) atoms. The number of primary amides is 1. The van der Waals surface area contributed by atoms with Crippen molar-refractivity contribution in [2.24, 2.45) is 11.7 Å². The van der Waals surface area contributed by atoms with E-state index < -0.39 is 17.5 Å². The molecule has 1 amide bonds. The molecule has 0 aromatic carbocycles. The average molecular weight is 283 g/mol. The molecule has 0 aliphatic rings. The topological polar surface area (TPSA) is 90.0 Å². The highest BCUT2D eigenvalue weighted by Crippen LogP contribution is 2.18. The average Bonchev–Trinajstić information content (AvgIpc) is 2.32. The van der Waals surface area contributed by atoms with Crippen molar-refractivity contribution >= 4 is 23.2 Å². The number of aromatic nitrogens is 2. The number of nitrogens with one attached hydrogen (secondary N) is 1. The number of terminal acetylenes is 1. The Kier molecular flexibility index (Phi) is 4.95. The number of hydrogen-bond donors (Lipinski definition) is 2. The Morgan fingerprint density at radius 1 is 1.68 bits per heavy atom. The van der Waals surface area contributed by atoms with Crippen molar-refractivity contribution in [2.75, 3.05) is 5.32 Å². The van der Waals surface area contributed by atoms with Crippen molar-refractivity contribution in [3.05, 3.63) is 21.6 Å². The number of nitrogens with zero attached hydrogens (tertiary/aromatic N) is 2. The fourth-order valence-electron chi connectivity index (χ4n) is 1.52. The molecule has 1 aromatic heterocycles. The molecular formula is C12H15ClN4O2. The number of nitrogens with two attached hydrogens (primary N) is 1. The maximum atomic E-state index is 12.1. The van der Waals surface area contributed by atoms with Gasteiger partial charge >= 0.3 is 0 Å². The summed E-state index contributed by atoms with van der Waals surface area (Å²) in [5.74, 6) is 1.65. The van der Waals surface area contributed by atoms with E-state index in [1.54, 1.807) is 13.8 Å². The monoisotopic (exact) mass is 282 g/mol. The molecular weight excluding hydrogens is 268 g/mol. The minimum Gasteiger partial charge on any atom is -0.368 e. The number of halogens is 1. The lowest BCUT2D eigenvalue weighted by atomic mass is 10.0. The van der Waals surface area contributed by atoms with Crippen LogP contribution in [0.3, 0.4) is 0 Å². The Morgan fingerprint density at radius 2 is 2.32 bits per heavy atom. The molecule has 0 fully saturated rings. The first-order chi connectivity index (χ1) is 8.88. The zero-order valence-corrected chi connectivity index (χ0v) is 11.4. The second-order valence-electron chi connectivity index (χ2n) is 4.30. The molecule has 1 unspecified atom stereocenters. The van der Waals surface area contributed by atoms with Gasteiger partial charge < -0.3 is 11.1 Å². The lowest BCUT2D eigenvalue weighted by molar-refractivity contribution is -0.119. The summed E-state index contributed by atoms with van der Waals surface area (Å²) >= 11 is 5.91. The second-order valence-corrected chi connectivity index (χ2v) is 4.71. The summed E-state index contributed by atoms with van der Waals surface area (Å²) in [6.07, 6.45) is 6.43. The van der Waals surface area contributed by atoms with Crippen LogP contribution in [0, 0.1) is 18.3 Å². The van der Waals surface area contributed by atoms with Gasteiger partial charge in [-0.1, -0.05) is 31.4 Å². The Balaban J connectivity index is 3.20. The van der Waals surface area contributed by atoms with Gasteiger partial charge in [-0.05, 0) is 5.92 Å². The van der Waals surface area contributed by atoms with Gasteiger partial charge in [0.1, 0.15) is 18.3 Å². The number of carbonyl (C=O) groups is 1. The predicted octanol–water partition coefficient (Wildman–Crippen LogP) is 0.452. The van der Waals surface area contributed by atoms with Crippen molar-refractivity contribution in [3.63, 3.8) is 0 Å². The summed E-state index contributed by atoms with van der Waals surface area (Å²) in [6.45, 7) is 3.63. The Labute approximate surface area is 115 Å². The van der Waals surface area contributed by atoms with Gasteiger partial charge in [-0.3, -0.25) is 9.59 Å². The highest BCUT2D eigenvalue weighted by Gasteiger charge is 2.22. The summed E-state index contributed by atoms with van der Waals surface area (Å²) in [5.41, 5.74) is 4.87. The predicted molar refractivity (Wildman–Crippen MR) is 73.8 cm³/mol. The van der Waals surface area contributed by atoms with E-state index >= 15 is 0 Å². The molecule has 102 valence electrons. The third kappa shape index (κ3) is 3.48. The molecule has 0 aliphatic heterocycles. The fraction of sp³-hybridized carbons (Fsp3) is 0.417. The summed E-state index contributed by atoms with van der Waals surface area (Å²) in [4.78, 5) is 23.4. The van der Waals surface area contributed by atoms with E-state index in [9.17, 15) is 9.59 Å². The Bertz CT molecular complexity index is 574. The van der Waals surface area contributed by atoms with Crippen LogP contribution >= 0.6 is 11.6 Å². The molecule has 0 radical (unpaired) electrons. The first-order valence-electron chi connectivity index (χ1n) is 5.63. The molecule has 7 heteroatoms. The van der Waals surface area contributed by atoms with Crippen LogP contribution in [0.4, 0.5) is 5.69 Å². The normalized spacial score (nSPS) is 11.9. The van der Waals surface area contributed by atoms with E-state index in [0.717, 1.165) is 4.68 Å². The molecule has 0 saturated carbocycles. The van der Waals surface area contributed by atoms with E-state index in [2.05, 4.69) is 16.3 Å². The van der Waals surface area contributed by atoms with Crippen LogP contribution in [0.25, 0.3) is 0 Å². The van der Waals surface area contributed by atoms with Crippen LogP contribution in [0.1, 0.15) is 13.8 Å². The minimum absolute atomic E-state index is 0.0214. The maximum Gasteiger partial charge on any atom is 0.292 e. The molecule has 0 saturated heterocycles. The van der Waals surface area contributed by atoms with Gasteiger partial charge in [-0.25, -0.2) is 4.68 Å². The molecule has 6 nitrogen and oxygen atoms in total. The fourth-order valence-corrected chi connectivity index (χ4v) is 1.70. The van der Waals surface area contributed by atoms with Gasteiger partial charge in [-0.2, -0.15) is 5.10 Å². The Morgan fingerprint density at radius 3 is 2.79 bits per heavy atom. The lowest BCUT2D eigenvalue weighted by Gasteiger charge is -2.20. The molecule has 1 aromatic rings. The maximum absolute atomic E-state index is 12.1. The Hall–Kier alpha value is -2.00. The highest BCUT2D eigenvalue weighted by atomic mass is 35.5. The van der Waals surface area contributed by atoms with E-state index in [1.807, 2.05) is 0 Å². The SMILES string of the molecule is C#CCn1ncc(Cl)c(NC(C(N)=O)C(C)C)c1=O. The van der Waals surface area contributed by atoms with Gasteiger partial charge in [0.25, 0.3) is 5.56 Å². The zero-order chi connectivity index (χ0) is 14.6. The first-order valence-corrected chi connectivity index (χ1v) is 6.01. The van der Waals surface area contributed by atoms with Crippen LogP contribution in [0.15, 0.2) is 11.0 Å². The van der Waals surface area contributed by atoms with Crippen molar-refractivity contribution in [3.8, 4) is 12.3 Å². The van der Waals surface area contributed by atoms with Gasteiger partial charge in [0.15, 0.2) is 0 Å². The quantitative estimate of drug-likeness (QED) is 0.768. The van der Waals surface area contributed by atoms with Crippen molar-refractivity contribution in [1.82, 2.24) is 9.78 Å². The first kappa shape index (κ1) is 15.1. The molecule has 1 atom stereocenters. The lowest BCUT2D eigenvalue weighted by Crippen LogP contribution is -2.41. The van der Waals surface area contributed by atoms with Crippen molar-refractivity contribution < 1.29 is 4.79 Å². The van der Waals surface area contributed by atoms with Crippen LogP contribution in [0.2, 0.25) is 5.02 Å². The van der Waals surface area contributed by atoms with Crippen LogP contribution in [-0.2, 0) is 11.3 Å².